The van der Waals surface area contributed by atoms with E-state index < -0.39 is 0 Å². The van der Waals surface area contributed by atoms with Gasteiger partial charge in [-0.1, -0.05) is 32.9 Å². The molecule has 23 heavy (non-hydrogen) atoms. The first-order chi connectivity index (χ1) is 10.7. The number of ether oxygens (including phenoxy) is 1. The van der Waals surface area contributed by atoms with Gasteiger partial charge in [0, 0.05) is 12.6 Å². The molecule has 1 saturated heterocycles. The monoisotopic (exact) mass is 315 g/mol. The summed E-state index contributed by atoms with van der Waals surface area (Å²) in [7, 11) is 0. The summed E-state index contributed by atoms with van der Waals surface area (Å²) in [6.45, 7) is 12.1. The molecule has 3 nitrogen and oxygen atoms in total. The van der Waals surface area contributed by atoms with Crippen LogP contribution in [-0.4, -0.2) is 30.0 Å². The molecule has 1 aromatic carbocycles. The Balaban J connectivity index is 1.66. The standard InChI is InChI=1S/C20H29NO2/c1-14-6-7-15(2)17(8-14)23-11-18(22)21-13-20(5)10-16(21)9-19(3,4)12-20/h6-8,16H,9-13H2,1-5H3/t16-,20-/m1/s1. The van der Waals surface area contributed by atoms with E-state index in [4.69, 9.17) is 4.74 Å². The second-order valence-corrected chi connectivity index (χ2v) is 8.79. The van der Waals surface area contributed by atoms with Crippen molar-refractivity contribution in [3.8, 4) is 5.75 Å². The largest absolute Gasteiger partial charge is 0.483 e. The van der Waals surface area contributed by atoms with Crippen molar-refractivity contribution in [3.63, 3.8) is 0 Å². The normalized spacial score (nSPS) is 28.7. The van der Waals surface area contributed by atoms with Gasteiger partial charge in [-0.05, 0) is 61.1 Å². The lowest BCUT2D eigenvalue weighted by Gasteiger charge is -2.39. The van der Waals surface area contributed by atoms with Gasteiger partial charge in [0.05, 0.1) is 0 Å². The van der Waals surface area contributed by atoms with Gasteiger partial charge in [0.2, 0.25) is 0 Å². The number of carbonyl (C=O) groups excluding carboxylic acids is 1. The highest BCUT2D eigenvalue weighted by atomic mass is 16.5. The van der Waals surface area contributed by atoms with Crippen molar-refractivity contribution < 1.29 is 9.53 Å². The van der Waals surface area contributed by atoms with E-state index in [1.165, 1.54) is 6.42 Å². The van der Waals surface area contributed by atoms with Crippen LogP contribution in [0.25, 0.3) is 0 Å². The summed E-state index contributed by atoms with van der Waals surface area (Å²) in [4.78, 5) is 14.8. The van der Waals surface area contributed by atoms with Gasteiger partial charge in [0.1, 0.15) is 5.75 Å². The fraction of sp³-hybridized carbons (Fsp3) is 0.650. The van der Waals surface area contributed by atoms with Gasteiger partial charge >= 0.3 is 0 Å². The summed E-state index contributed by atoms with van der Waals surface area (Å²) in [5.41, 5.74) is 2.85. The Morgan fingerprint density at radius 2 is 2.00 bits per heavy atom. The Bertz CT molecular complexity index is 622. The zero-order chi connectivity index (χ0) is 16.8. The molecule has 1 aromatic rings. The lowest BCUT2D eigenvalue weighted by Crippen LogP contribution is -2.40. The summed E-state index contributed by atoms with van der Waals surface area (Å²) >= 11 is 0. The first kappa shape index (κ1) is 16.4. The molecule has 1 saturated carbocycles. The van der Waals surface area contributed by atoms with Crippen LogP contribution in [0.3, 0.4) is 0 Å². The number of rotatable bonds is 3. The third kappa shape index (κ3) is 3.39. The van der Waals surface area contributed by atoms with Crippen LogP contribution in [0.5, 0.6) is 5.75 Å². The van der Waals surface area contributed by atoms with E-state index in [-0.39, 0.29) is 17.9 Å². The number of hydrogen-bond acceptors (Lipinski definition) is 2. The molecule has 2 aliphatic rings. The molecule has 3 rings (SSSR count). The second-order valence-electron chi connectivity index (χ2n) is 8.79. The molecule has 0 radical (unpaired) electrons. The highest BCUT2D eigenvalue weighted by Gasteiger charge is 2.50. The van der Waals surface area contributed by atoms with Gasteiger partial charge in [-0.15, -0.1) is 0 Å². The van der Waals surface area contributed by atoms with Crippen molar-refractivity contribution in [1.29, 1.82) is 0 Å². The Morgan fingerprint density at radius 3 is 2.74 bits per heavy atom. The fourth-order valence-corrected chi connectivity index (χ4v) is 4.84. The van der Waals surface area contributed by atoms with E-state index in [2.05, 4.69) is 31.7 Å². The molecule has 2 atom stereocenters. The average molecular weight is 315 g/mol. The smallest absolute Gasteiger partial charge is 0.260 e. The van der Waals surface area contributed by atoms with Crippen LogP contribution in [0.1, 0.15) is 51.2 Å². The third-order valence-corrected chi connectivity index (χ3v) is 5.43. The molecule has 1 aliphatic heterocycles. The molecule has 0 N–H and O–H groups in total. The van der Waals surface area contributed by atoms with Crippen molar-refractivity contribution in [3.05, 3.63) is 29.3 Å². The number of amides is 1. The molecule has 3 heteroatoms. The number of aryl methyl sites for hydroxylation is 2. The second kappa shape index (κ2) is 5.54. The first-order valence-corrected chi connectivity index (χ1v) is 8.67. The highest BCUT2D eigenvalue weighted by Crippen LogP contribution is 2.52. The predicted molar refractivity (Wildman–Crippen MR) is 92.7 cm³/mol. The van der Waals surface area contributed by atoms with E-state index in [0.29, 0.717) is 11.5 Å². The maximum atomic E-state index is 12.7. The van der Waals surface area contributed by atoms with E-state index in [9.17, 15) is 4.79 Å². The molecular weight excluding hydrogens is 286 g/mol. The van der Waals surface area contributed by atoms with Gasteiger partial charge in [0.25, 0.3) is 5.91 Å². The zero-order valence-corrected chi connectivity index (χ0v) is 15.1. The van der Waals surface area contributed by atoms with Crippen molar-refractivity contribution in [2.24, 2.45) is 10.8 Å². The maximum absolute atomic E-state index is 12.7. The first-order valence-electron chi connectivity index (χ1n) is 8.67. The summed E-state index contributed by atoms with van der Waals surface area (Å²) in [5, 5.41) is 0. The Morgan fingerprint density at radius 1 is 1.26 bits per heavy atom. The van der Waals surface area contributed by atoms with E-state index in [1.807, 2.05) is 26.0 Å². The molecule has 2 bridgehead atoms. The summed E-state index contributed by atoms with van der Waals surface area (Å²) in [5.74, 6) is 0.962. The Hall–Kier alpha value is -1.51. The summed E-state index contributed by atoms with van der Waals surface area (Å²) < 4.78 is 5.83. The molecular formula is C20H29NO2. The summed E-state index contributed by atoms with van der Waals surface area (Å²) in [6, 6.07) is 6.51. The minimum Gasteiger partial charge on any atom is -0.483 e. The number of nitrogens with zero attached hydrogens (tertiary/aromatic N) is 1. The van der Waals surface area contributed by atoms with E-state index in [1.54, 1.807) is 0 Å². The molecule has 0 aromatic heterocycles. The average Bonchev–Trinajstić information content (AvgIpc) is 2.68. The molecule has 126 valence electrons. The molecule has 0 unspecified atom stereocenters. The topological polar surface area (TPSA) is 29.5 Å². The van der Waals surface area contributed by atoms with E-state index in [0.717, 1.165) is 36.3 Å². The number of likely N-dealkylation sites (tertiary alicyclic amines) is 1. The maximum Gasteiger partial charge on any atom is 0.260 e. The van der Waals surface area contributed by atoms with Gasteiger partial charge in [0.15, 0.2) is 6.61 Å². The van der Waals surface area contributed by atoms with Gasteiger partial charge < -0.3 is 9.64 Å². The third-order valence-electron chi connectivity index (χ3n) is 5.43. The molecule has 1 amide bonds. The van der Waals surface area contributed by atoms with Gasteiger partial charge in [-0.2, -0.15) is 0 Å². The van der Waals surface area contributed by atoms with Crippen molar-refractivity contribution in [1.82, 2.24) is 4.90 Å². The van der Waals surface area contributed by atoms with Crippen molar-refractivity contribution >= 4 is 5.91 Å². The lowest BCUT2D eigenvalue weighted by atomic mass is 9.65. The summed E-state index contributed by atoms with van der Waals surface area (Å²) in [6.07, 6.45) is 3.46. The molecule has 0 spiro atoms. The highest BCUT2D eigenvalue weighted by molar-refractivity contribution is 5.78. The Labute approximate surface area is 140 Å². The van der Waals surface area contributed by atoms with Crippen molar-refractivity contribution in [2.45, 2.75) is 59.9 Å². The minimum absolute atomic E-state index is 0.136. The number of hydrogen-bond donors (Lipinski definition) is 0. The van der Waals surface area contributed by atoms with Crippen LogP contribution in [0.15, 0.2) is 18.2 Å². The van der Waals surface area contributed by atoms with Crippen LogP contribution in [-0.2, 0) is 4.79 Å². The predicted octanol–water partition coefficient (Wildman–Crippen LogP) is 4.11. The number of benzene rings is 1. The van der Waals surface area contributed by atoms with Crippen LogP contribution in [0.4, 0.5) is 0 Å². The van der Waals surface area contributed by atoms with Crippen LogP contribution < -0.4 is 4.74 Å². The van der Waals surface area contributed by atoms with Crippen LogP contribution in [0.2, 0.25) is 0 Å². The molecule has 2 fully saturated rings. The van der Waals surface area contributed by atoms with Crippen molar-refractivity contribution in [2.75, 3.05) is 13.2 Å². The Kier molecular flexibility index (Phi) is 3.94. The van der Waals surface area contributed by atoms with Crippen LogP contribution in [0, 0.1) is 24.7 Å². The zero-order valence-electron chi connectivity index (χ0n) is 15.1. The molecule has 1 heterocycles. The molecule has 1 aliphatic carbocycles. The van der Waals surface area contributed by atoms with E-state index >= 15 is 0 Å². The number of carbonyl (C=O) groups is 1. The fourth-order valence-electron chi connectivity index (χ4n) is 4.84. The minimum atomic E-state index is 0.136. The number of fused-ring (bicyclic) bond motifs is 2. The van der Waals surface area contributed by atoms with Crippen LogP contribution >= 0.6 is 0 Å². The van der Waals surface area contributed by atoms with Gasteiger partial charge in [-0.3, -0.25) is 4.79 Å². The quantitative estimate of drug-likeness (QED) is 0.840. The lowest BCUT2D eigenvalue weighted by molar-refractivity contribution is -0.134. The SMILES string of the molecule is Cc1ccc(C)c(OCC(=O)N2C[C@]3(C)C[C@H]2CC(C)(C)C3)c1. The van der Waals surface area contributed by atoms with Gasteiger partial charge in [-0.25, -0.2) is 0 Å².